The van der Waals surface area contributed by atoms with Gasteiger partial charge in [0.2, 0.25) is 5.91 Å². The van der Waals surface area contributed by atoms with Crippen LogP contribution >= 0.6 is 11.6 Å². The summed E-state index contributed by atoms with van der Waals surface area (Å²) < 4.78 is 60.1. The first-order valence-corrected chi connectivity index (χ1v) is 13.1. The van der Waals surface area contributed by atoms with E-state index in [9.17, 15) is 31.9 Å². The Balaban J connectivity index is 1.77. The van der Waals surface area contributed by atoms with Crippen LogP contribution in [0.4, 0.5) is 28.0 Å². The summed E-state index contributed by atoms with van der Waals surface area (Å²) in [4.78, 5) is 43.5. The SMILES string of the molecule is COCCN(CCF)C(=O)CNC(=O)N1Cc2ccccc2N(C(=O)c2ccc(OCC(F)(F)F)cc2Cl)C[C@H]1C. The lowest BCUT2D eigenvalue weighted by Crippen LogP contribution is -2.50. The van der Waals surface area contributed by atoms with Crippen LogP contribution in [0.5, 0.6) is 5.75 Å². The van der Waals surface area contributed by atoms with Crippen molar-refractivity contribution in [2.45, 2.75) is 25.7 Å². The number of alkyl halides is 4. The standard InChI is InChI=1S/C27H31ClF4N4O5/c1-18-15-36(25(38)21-8-7-20(13-22(21)28)41-17-27(30,31)32)23-6-4-3-5-19(23)16-35(18)26(39)33-14-24(37)34(10-9-29)11-12-40-2/h3-8,13,18H,9-12,14-17H2,1-2H3,(H,33,39)/t18-/m1/s1. The third kappa shape index (κ3) is 8.70. The minimum absolute atomic E-state index is 0.0422. The number of fused-ring (bicyclic) bond motifs is 1. The molecule has 0 aliphatic carbocycles. The highest BCUT2D eigenvalue weighted by atomic mass is 35.5. The maximum Gasteiger partial charge on any atom is 0.422 e. The van der Waals surface area contributed by atoms with Gasteiger partial charge in [0.1, 0.15) is 12.4 Å². The summed E-state index contributed by atoms with van der Waals surface area (Å²) >= 11 is 6.28. The number of anilines is 1. The maximum absolute atomic E-state index is 13.6. The van der Waals surface area contributed by atoms with E-state index in [0.29, 0.717) is 11.3 Å². The molecule has 0 fully saturated rings. The Morgan fingerprint density at radius 3 is 2.54 bits per heavy atom. The molecule has 0 bridgehead atoms. The molecule has 1 N–H and O–H groups in total. The number of nitrogens with zero attached hydrogens (tertiary/aromatic N) is 3. The third-order valence-corrected chi connectivity index (χ3v) is 6.66. The fourth-order valence-electron chi connectivity index (χ4n) is 4.27. The van der Waals surface area contributed by atoms with E-state index in [-0.39, 0.29) is 55.7 Å². The predicted octanol–water partition coefficient (Wildman–Crippen LogP) is 4.29. The molecular weight excluding hydrogens is 572 g/mol. The minimum Gasteiger partial charge on any atom is -0.484 e. The monoisotopic (exact) mass is 602 g/mol. The Bertz CT molecular complexity index is 1230. The Labute approximate surface area is 239 Å². The molecule has 4 amide bonds. The number of benzene rings is 2. The van der Waals surface area contributed by atoms with Gasteiger partial charge in [-0.25, -0.2) is 9.18 Å². The second kappa shape index (κ2) is 14.4. The minimum atomic E-state index is -4.53. The van der Waals surface area contributed by atoms with E-state index in [0.717, 1.165) is 6.07 Å². The van der Waals surface area contributed by atoms with E-state index >= 15 is 0 Å². The predicted molar refractivity (Wildman–Crippen MR) is 144 cm³/mol. The lowest BCUT2D eigenvalue weighted by molar-refractivity contribution is -0.153. The topological polar surface area (TPSA) is 91.4 Å². The van der Waals surface area contributed by atoms with E-state index in [4.69, 9.17) is 21.1 Å². The number of carbonyl (C=O) groups is 3. The van der Waals surface area contributed by atoms with Crippen molar-refractivity contribution in [1.82, 2.24) is 15.1 Å². The molecule has 0 unspecified atom stereocenters. The van der Waals surface area contributed by atoms with Gasteiger partial charge in [-0.1, -0.05) is 29.8 Å². The van der Waals surface area contributed by atoms with Crippen LogP contribution in [-0.2, 0) is 16.1 Å². The van der Waals surface area contributed by atoms with Gasteiger partial charge in [-0.3, -0.25) is 9.59 Å². The van der Waals surface area contributed by atoms with Crippen molar-refractivity contribution in [3.05, 3.63) is 58.6 Å². The van der Waals surface area contributed by atoms with E-state index in [1.807, 2.05) is 0 Å². The molecule has 1 atom stereocenters. The summed E-state index contributed by atoms with van der Waals surface area (Å²) in [5, 5.41) is 2.49. The van der Waals surface area contributed by atoms with Gasteiger partial charge >= 0.3 is 12.2 Å². The van der Waals surface area contributed by atoms with Gasteiger partial charge in [-0.05, 0) is 36.8 Å². The number of para-hydroxylation sites is 1. The number of hydrogen-bond acceptors (Lipinski definition) is 5. The van der Waals surface area contributed by atoms with Crippen LogP contribution in [0.1, 0.15) is 22.8 Å². The highest BCUT2D eigenvalue weighted by Gasteiger charge is 2.33. The molecule has 9 nitrogen and oxygen atoms in total. The lowest BCUT2D eigenvalue weighted by Gasteiger charge is -2.30. The van der Waals surface area contributed by atoms with Crippen LogP contribution in [0.25, 0.3) is 0 Å². The number of ether oxygens (including phenoxy) is 2. The number of urea groups is 1. The van der Waals surface area contributed by atoms with Crippen molar-refractivity contribution in [2.75, 3.05) is 58.1 Å². The highest BCUT2D eigenvalue weighted by molar-refractivity contribution is 6.34. The summed E-state index contributed by atoms with van der Waals surface area (Å²) in [6.07, 6.45) is -4.53. The summed E-state index contributed by atoms with van der Waals surface area (Å²) in [5.74, 6) is -1.13. The number of halogens is 5. The van der Waals surface area contributed by atoms with Crippen LogP contribution in [0, 0.1) is 0 Å². The fourth-order valence-corrected chi connectivity index (χ4v) is 4.52. The van der Waals surface area contributed by atoms with Crippen molar-refractivity contribution in [3.8, 4) is 5.75 Å². The number of carbonyl (C=O) groups excluding carboxylic acids is 3. The van der Waals surface area contributed by atoms with Crippen LogP contribution in [0.2, 0.25) is 5.02 Å². The number of methoxy groups -OCH3 is 1. The van der Waals surface area contributed by atoms with Gasteiger partial charge in [0.15, 0.2) is 6.61 Å². The molecule has 2 aromatic rings. The molecule has 0 saturated carbocycles. The van der Waals surface area contributed by atoms with E-state index < -0.39 is 43.3 Å². The van der Waals surface area contributed by atoms with Gasteiger partial charge < -0.3 is 29.5 Å². The Morgan fingerprint density at radius 2 is 1.88 bits per heavy atom. The molecule has 1 heterocycles. The molecule has 2 aromatic carbocycles. The third-order valence-electron chi connectivity index (χ3n) is 6.34. The van der Waals surface area contributed by atoms with E-state index in [1.54, 1.807) is 31.2 Å². The fraction of sp³-hybridized carbons (Fsp3) is 0.444. The molecule has 41 heavy (non-hydrogen) atoms. The van der Waals surface area contributed by atoms with E-state index in [1.165, 1.54) is 33.9 Å². The second-order valence-corrected chi connectivity index (χ2v) is 9.70. The largest absolute Gasteiger partial charge is 0.484 e. The zero-order valence-electron chi connectivity index (χ0n) is 22.5. The second-order valence-electron chi connectivity index (χ2n) is 9.29. The maximum atomic E-state index is 13.6. The zero-order chi connectivity index (χ0) is 30.2. The molecule has 14 heteroatoms. The lowest BCUT2D eigenvalue weighted by atomic mass is 10.1. The van der Waals surface area contributed by atoms with Gasteiger partial charge in [-0.2, -0.15) is 13.2 Å². The number of hydrogen-bond donors (Lipinski definition) is 1. The number of rotatable bonds is 10. The first-order valence-electron chi connectivity index (χ1n) is 12.7. The summed E-state index contributed by atoms with van der Waals surface area (Å²) in [7, 11) is 1.46. The van der Waals surface area contributed by atoms with Crippen molar-refractivity contribution >= 4 is 35.1 Å². The number of nitrogens with one attached hydrogen (secondary N) is 1. The van der Waals surface area contributed by atoms with E-state index in [2.05, 4.69) is 5.32 Å². The molecule has 3 rings (SSSR count). The molecule has 0 saturated heterocycles. The molecule has 1 aliphatic heterocycles. The summed E-state index contributed by atoms with van der Waals surface area (Å²) in [6.45, 7) is -0.405. The first kappa shape index (κ1) is 31.9. The van der Waals surface area contributed by atoms with Crippen molar-refractivity contribution in [2.24, 2.45) is 0 Å². The average molecular weight is 603 g/mol. The van der Waals surface area contributed by atoms with Crippen LogP contribution in [0.3, 0.4) is 0 Å². The zero-order valence-corrected chi connectivity index (χ0v) is 23.3. The Kier molecular flexibility index (Phi) is 11.2. The normalized spacial score (nSPS) is 15.1. The Morgan fingerprint density at radius 1 is 1.15 bits per heavy atom. The molecule has 0 spiro atoms. The average Bonchev–Trinajstić information content (AvgIpc) is 3.08. The summed E-state index contributed by atoms with van der Waals surface area (Å²) in [6, 6.07) is 9.53. The smallest absolute Gasteiger partial charge is 0.422 e. The van der Waals surface area contributed by atoms with Gasteiger partial charge in [-0.15, -0.1) is 0 Å². The van der Waals surface area contributed by atoms with Crippen molar-refractivity contribution in [3.63, 3.8) is 0 Å². The Hall–Kier alpha value is -3.58. The van der Waals surface area contributed by atoms with Gasteiger partial charge in [0, 0.05) is 45.0 Å². The molecule has 0 radical (unpaired) electrons. The molecule has 224 valence electrons. The molecular formula is C27H31ClF4N4O5. The number of amides is 4. The van der Waals surface area contributed by atoms with Crippen molar-refractivity contribution in [1.29, 1.82) is 0 Å². The van der Waals surface area contributed by atoms with Gasteiger partial charge in [0.05, 0.1) is 23.7 Å². The summed E-state index contributed by atoms with van der Waals surface area (Å²) in [5.41, 5.74) is 1.21. The molecule has 1 aliphatic rings. The van der Waals surface area contributed by atoms with Crippen LogP contribution < -0.4 is 15.0 Å². The van der Waals surface area contributed by atoms with Crippen LogP contribution in [0.15, 0.2) is 42.5 Å². The van der Waals surface area contributed by atoms with Gasteiger partial charge in [0.25, 0.3) is 5.91 Å². The van der Waals surface area contributed by atoms with Crippen LogP contribution in [-0.4, -0.2) is 93.0 Å². The quantitative estimate of drug-likeness (QED) is 0.410. The molecule has 0 aromatic heterocycles. The first-order chi connectivity index (χ1) is 19.4. The highest BCUT2D eigenvalue weighted by Crippen LogP contribution is 2.31. The van der Waals surface area contributed by atoms with Crippen molar-refractivity contribution < 1.29 is 41.4 Å².